The van der Waals surface area contributed by atoms with Crippen LogP contribution in [0.25, 0.3) is 0 Å². The second kappa shape index (κ2) is 7.16. The number of hydrogen-bond acceptors (Lipinski definition) is 7. The maximum atomic E-state index is 12.4. The first-order chi connectivity index (χ1) is 12.1. The van der Waals surface area contributed by atoms with Crippen molar-refractivity contribution in [2.75, 3.05) is 38.2 Å². The van der Waals surface area contributed by atoms with E-state index in [0.717, 1.165) is 6.07 Å². The molecule has 3 rings (SSSR count). The molecule has 0 spiro atoms. The highest BCUT2D eigenvalue weighted by molar-refractivity contribution is 5.78. The second-order valence-corrected chi connectivity index (χ2v) is 5.56. The number of nitrogens with zero attached hydrogens (tertiary/aromatic N) is 4. The number of ether oxygens (including phenoxy) is 1. The number of carbonyl (C=O) groups is 1. The number of methoxy groups -OCH3 is 1. The Balaban J connectivity index is 1.61. The standard InChI is InChI=1S/C15H18N6O4/c1-25-12-2-3-16-15(17-12)21-6-4-20(5-7-21)13(23)9-10-8-11(22)18-19-14(10)24/h2-3,8H,4-7,9H2,1H3,(H,18,22)(H,19,24). The first kappa shape index (κ1) is 16.7. The Bertz CT molecular complexity index is 869. The number of nitrogens with one attached hydrogen (secondary N) is 2. The normalized spacial score (nSPS) is 14.4. The van der Waals surface area contributed by atoms with Gasteiger partial charge in [-0.05, 0) is 0 Å². The SMILES string of the molecule is COc1ccnc(N2CCN(C(=O)Cc3cc(=O)[nH][nH]c3=O)CC2)n1. The van der Waals surface area contributed by atoms with Gasteiger partial charge in [0.05, 0.1) is 13.5 Å². The number of amides is 1. The Morgan fingerprint density at radius 3 is 2.72 bits per heavy atom. The van der Waals surface area contributed by atoms with Gasteiger partial charge in [0, 0.05) is 50.1 Å². The van der Waals surface area contributed by atoms with Crippen molar-refractivity contribution in [1.29, 1.82) is 0 Å². The molecule has 2 N–H and O–H groups in total. The minimum absolute atomic E-state index is 0.102. The number of hydrogen-bond donors (Lipinski definition) is 2. The van der Waals surface area contributed by atoms with Crippen molar-refractivity contribution in [2.24, 2.45) is 0 Å². The fourth-order valence-electron chi connectivity index (χ4n) is 2.62. The van der Waals surface area contributed by atoms with Crippen LogP contribution in [0.3, 0.4) is 0 Å². The van der Waals surface area contributed by atoms with E-state index in [4.69, 9.17) is 4.74 Å². The highest BCUT2D eigenvalue weighted by atomic mass is 16.5. The fraction of sp³-hybridized carbons (Fsp3) is 0.400. The lowest BCUT2D eigenvalue weighted by Crippen LogP contribution is -2.50. The summed E-state index contributed by atoms with van der Waals surface area (Å²) in [7, 11) is 1.54. The molecule has 25 heavy (non-hydrogen) atoms. The van der Waals surface area contributed by atoms with E-state index in [-0.39, 0.29) is 17.9 Å². The average Bonchev–Trinajstić information content (AvgIpc) is 2.65. The van der Waals surface area contributed by atoms with Crippen LogP contribution in [0.4, 0.5) is 5.95 Å². The van der Waals surface area contributed by atoms with Gasteiger partial charge in [0.1, 0.15) is 0 Å². The van der Waals surface area contributed by atoms with Crippen LogP contribution in [0.5, 0.6) is 5.88 Å². The molecule has 10 nitrogen and oxygen atoms in total. The molecule has 1 saturated heterocycles. The molecular weight excluding hydrogens is 328 g/mol. The molecule has 1 aliphatic rings. The zero-order valence-electron chi connectivity index (χ0n) is 13.7. The number of H-pyrrole nitrogens is 2. The van der Waals surface area contributed by atoms with Gasteiger partial charge in [0.2, 0.25) is 17.7 Å². The van der Waals surface area contributed by atoms with Crippen LogP contribution < -0.4 is 20.8 Å². The molecule has 0 atom stereocenters. The van der Waals surface area contributed by atoms with Crippen molar-refractivity contribution in [3.05, 3.63) is 44.6 Å². The number of rotatable bonds is 4. The Morgan fingerprint density at radius 1 is 1.24 bits per heavy atom. The molecular formula is C15H18N6O4. The van der Waals surface area contributed by atoms with Crippen molar-refractivity contribution in [1.82, 2.24) is 25.1 Å². The van der Waals surface area contributed by atoms with Crippen molar-refractivity contribution < 1.29 is 9.53 Å². The minimum Gasteiger partial charge on any atom is -0.481 e. The summed E-state index contributed by atoms with van der Waals surface area (Å²) in [4.78, 5) is 47.4. The molecule has 1 fully saturated rings. The topological polar surface area (TPSA) is 124 Å². The second-order valence-electron chi connectivity index (χ2n) is 5.56. The molecule has 132 valence electrons. The van der Waals surface area contributed by atoms with E-state index < -0.39 is 11.1 Å². The maximum Gasteiger partial charge on any atom is 0.266 e. The largest absolute Gasteiger partial charge is 0.481 e. The molecule has 0 unspecified atom stereocenters. The third kappa shape index (κ3) is 3.84. The summed E-state index contributed by atoms with van der Waals surface area (Å²) in [5, 5.41) is 4.39. The zero-order valence-corrected chi connectivity index (χ0v) is 13.7. The molecule has 0 aliphatic carbocycles. The summed E-state index contributed by atoms with van der Waals surface area (Å²) < 4.78 is 5.09. The van der Waals surface area contributed by atoms with Gasteiger partial charge >= 0.3 is 0 Å². The first-order valence-corrected chi connectivity index (χ1v) is 7.77. The van der Waals surface area contributed by atoms with E-state index in [2.05, 4.69) is 20.2 Å². The average molecular weight is 346 g/mol. The lowest BCUT2D eigenvalue weighted by Gasteiger charge is -2.34. The molecule has 2 aromatic rings. The molecule has 1 aliphatic heterocycles. The van der Waals surface area contributed by atoms with Crippen LogP contribution in [0.1, 0.15) is 5.56 Å². The summed E-state index contributed by atoms with van der Waals surface area (Å²) in [6.07, 6.45) is 1.52. The maximum absolute atomic E-state index is 12.4. The van der Waals surface area contributed by atoms with Gasteiger partial charge in [-0.3, -0.25) is 24.6 Å². The van der Waals surface area contributed by atoms with Crippen LogP contribution in [-0.4, -0.2) is 64.3 Å². The van der Waals surface area contributed by atoms with Crippen molar-refractivity contribution in [2.45, 2.75) is 6.42 Å². The number of aromatic amines is 2. The van der Waals surface area contributed by atoms with Crippen molar-refractivity contribution >= 4 is 11.9 Å². The highest BCUT2D eigenvalue weighted by Crippen LogP contribution is 2.14. The third-order valence-corrected chi connectivity index (χ3v) is 3.98. The smallest absolute Gasteiger partial charge is 0.266 e. The van der Waals surface area contributed by atoms with Crippen molar-refractivity contribution in [3.8, 4) is 5.88 Å². The molecule has 10 heteroatoms. The lowest BCUT2D eigenvalue weighted by molar-refractivity contribution is -0.130. The highest BCUT2D eigenvalue weighted by Gasteiger charge is 2.23. The number of anilines is 1. The predicted octanol–water partition coefficient (Wildman–Crippen LogP) is -1.25. The van der Waals surface area contributed by atoms with Crippen LogP contribution in [0, 0.1) is 0 Å². The Morgan fingerprint density at radius 2 is 2.00 bits per heavy atom. The molecule has 1 amide bonds. The fourth-order valence-corrected chi connectivity index (χ4v) is 2.62. The lowest BCUT2D eigenvalue weighted by atomic mass is 10.2. The Hall–Kier alpha value is -3.17. The van der Waals surface area contributed by atoms with Gasteiger partial charge < -0.3 is 14.5 Å². The summed E-state index contributed by atoms with van der Waals surface area (Å²) in [5.74, 6) is 0.844. The number of aromatic nitrogens is 4. The van der Waals surface area contributed by atoms with E-state index in [1.54, 1.807) is 24.3 Å². The van der Waals surface area contributed by atoms with Crippen LogP contribution in [-0.2, 0) is 11.2 Å². The zero-order chi connectivity index (χ0) is 17.8. The van der Waals surface area contributed by atoms with Gasteiger partial charge in [0.25, 0.3) is 11.1 Å². The number of piperazine rings is 1. The van der Waals surface area contributed by atoms with E-state index in [0.29, 0.717) is 38.0 Å². The Labute approximate surface area is 142 Å². The molecule has 2 aromatic heterocycles. The molecule has 0 bridgehead atoms. The van der Waals surface area contributed by atoms with Crippen LogP contribution >= 0.6 is 0 Å². The van der Waals surface area contributed by atoms with Gasteiger partial charge in [-0.1, -0.05) is 0 Å². The van der Waals surface area contributed by atoms with E-state index in [9.17, 15) is 14.4 Å². The van der Waals surface area contributed by atoms with Crippen LogP contribution in [0.2, 0.25) is 0 Å². The van der Waals surface area contributed by atoms with Gasteiger partial charge in [-0.2, -0.15) is 4.98 Å². The van der Waals surface area contributed by atoms with Crippen LogP contribution in [0.15, 0.2) is 27.9 Å². The molecule has 0 radical (unpaired) electrons. The summed E-state index contributed by atoms with van der Waals surface area (Å²) >= 11 is 0. The van der Waals surface area contributed by atoms with E-state index in [1.807, 2.05) is 4.90 Å². The van der Waals surface area contributed by atoms with E-state index >= 15 is 0 Å². The van der Waals surface area contributed by atoms with Gasteiger partial charge in [-0.25, -0.2) is 4.98 Å². The monoisotopic (exact) mass is 346 g/mol. The Kier molecular flexibility index (Phi) is 4.78. The summed E-state index contributed by atoms with van der Waals surface area (Å²) in [5.41, 5.74) is -0.744. The van der Waals surface area contributed by atoms with E-state index in [1.165, 1.54) is 0 Å². The molecule has 0 aromatic carbocycles. The van der Waals surface area contributed by atoms with Gasteiger partial charge in [0.15, 0.2) is 0 Å². The summed E-state index contributed by atoms with van der Waals surface area (Å²) in [6.45, 7) is 2.12. The third-order valence-electron chi connectivity index (χ3n) is 3.98. The van der Waals surface area contributed by atoms with Crippen molar-refractivity contribution in [3.63, 3.8) is 0 Å². The first-order valence-electron chi connectivity index (χ1n) is 7.77. The number of carbonyl (C=O) groups excluding carboxylic acids is 1. The quantitative estimate of drug-likeness (QED) is 0.709. The molecule has 3 heterocycles. The minimum atomic E-state index is -0.462. The molecule has 0 saturated carbocycles. The van der Waals surface area contributed by atoms with Gasteiger partial charge in [-0.15, -0.1) is 0 Å². The summed E-state index contributed by atoms with van der Waals surface area (Å²) in [6, 6.07) is 2.82. The predicted molar refractivity (Wildman–Crippen MR) is 88.8 cm³/mol.